The Labute approximate surface area is 246 Å². The molecule has 6 heterocycles. The lowest BCUT2D eigenvalue weighted by atomic mass is 9.85. The molecule has 0 radical (unpaired) electrons. The van der Waals surface area contributed by atoms with Crippen molar-refractivity contribution in [3.05, 3.63) is 58.7 Å². The van der Waals surface area contributed by atoms with E-state index in [9.17, 15) is 8.78 Å². The molecule has 2 bridgehead atoms. The molecule has 6 nitrogen and oxygen atoms in total. The van der Waals surface area contributed by atoms with E-state index in [0.717, 1.165) is 72.9 Å². The summed E-state index contributed by atoms with van der Waals surface area (Å²) in [6.45, 7) is 5.40. The van der Waals surface area contributed by atoms with Crippen LogP contribution in [0.15, 0.2) is 30.3 Å². The number of anilines is 1. The lowest BCUT2D eigenvalue weighted by Gasteiger charge is -2.35. The molecule has 0 aliphatic carbocycles. The Hall–Kier alpha value is -2.84. The highest BCUT2D eigenvalue weighted by atomic mass is 19.1. The van der Waals surface area contributed by atoms with Gasteiger partial charge in [-0.1, -0.05) is 25.1 Å². The SMILES string of the molecule is CCc1c(F)ccc2cccc(N3CCc4c(nc(OC[C@@]56CCCN5C[C@H](F)C6)nc4[C@H]4C[C@H]5CC[C@@H](C4)N5)C3)c12. The number of aromatic nitrogens is 2. The Bertz CT molecular complexity index is 1500. The number of alkyl halides is 1. The van der Waals surface area contributed by atoms with Crippen LogP contribution >= 0.6 is 0 Å². The summed E-state index contributed by atoms with van der Waals surface area (Å²) >= 11 is 0. The third kappa shape index (κ3) is 4.48. The van der Waals surface area contributed by atoms with Crippen molar-refractivity contribution in [1.29, 1.82) is 0 Å². The predicted octanol–water partition coefficient (Wildman–Crippen LogP) is 5.85. The van der Waals surface area contributed by atoms with Crippen LogP contribution in [0.5, 0.6) is 6.01 Å². The fraction of sp³-hybridized carbons (Fsp3) is 0.588. The Kier molecular flexibility index (Phi) is 6.63. The van der Waals surface area contributed by atoms with E-state index in [1.54, 1.807) is 6.07 Å². The Morgan fingerprint density at radius 1 is 1.10 bits per heavy atom. The number of fused-ring (bicyclic) bond motifs is 5. The fourth-order valence-electron chi connectivity index (χ4n) is 8.99. The maximum absolute atomic E-state index is 14.9. The highest BCUT2D eigenvalue weighted by Gasteiger charge is 2.49. The third-order valence-electron chi connectivity index (χ3n) is 10.9. The molecule has 4 saturated heterocycles. The van der Waals surface area contributed by atoms with Gasteiger partial charge in [0.05, 0.1) is 23.5 Å². The van der Waals surface area contributed by atoms with E-state index in [2.05, 4.69) is 33.3 Å². The second kappa shape index (κ2) is 10.4. The number of aryl methyl sites for hydroxylation is 1. The van der Waals surface area contributed by atoms with Crippen LogP contribution in [0.1, 0.15) is 80.3 Å². The van der Waals surface area contributed by atoms with Crippen molar-refractivity contribution < 1.29 is 13.5 Å². The minimum atomic E-state index is -0.786. The molecule has 0 spiro atoms. The first kappa shape index (κ1) is 26.8. The molecule has 4 fully saturated rings. The monoisotopic (exact) mass is 573 g/mol. The second-order valence-corrected chi connectivity index (χ2v) is 13.4. The van der Waals surface area contributed by atoms with E-state index in [-0.39, 0.29) is 11.4 Å². The molecule has 222 valence electrons. The average molecular weight is 574 g/mol. The number of nitrogens with one attached hydrogen (secondary N) is 1. The van der Waals surface area contributed by atoms with Crippen molar-refractivity contribution >= 4 is 16.5 Å². The van der Waals surface area contributed by atoms with Crippen molar-refractivity contribution in [2.75, 3.05) is 31.1 Å². The molecule has 5 atom stereocenters. The normalized spacial score (nSPS) is 30.6. The molecule has 1 aromatic heterocycles. The van der Waals surface area contributed by atoms with Gasteiger partial charge in [0.25, 0.3) is 0 Å². The van der Waals surface area contributed by atoms with E-state index < -0.39 is 6.17 Å². The number of hydrogen-bond acceptors (Lipinski definition) is 6. The number of nitrogens with zero attached hydrogens (tertiary/aromatic N) is 4. The van der Waals surface area contributed by atoms with Crippen LogP contribution in [0.25, 0.3) is 10.8 Å². The van der Waals surface area contributed by atoms with Crippen molar-refractivity contribution in [2.24, 2.45) is 0 Å². The van der Waals surface area contributed by atoms with Gasteiger partial charge in [-0.15, -0.1) is 0 Å². The average Bonchev–Trinajstić information content (AvgIpc) is 3.65. The molecule has 5 aliphatic heterocycles. The van der Waals surface area contributed by atoms with Gasteiger partial charge in [0, 0.05) is 48.6 Å². The molecule has 2 aromatic carbocycles. The maximum Gasteiger partial charge on any atom is 0.316 e. The number of piperidine rings is 1. The molecule has 3 aromatic rings. The topological polar surface area (TPSA) is 53.5 Å². The molecule has 8 heteroatoms. The zero-order valence-corrected chi connectivity index (χ0v) is 24.5. The van der Waals surface area contributed by atoms with E-state index >= 15 is 0 Å². The van der Waals surface area contributed by atoms with Crippen LogP contribution < -0.4 is 15.0 Å². The summed E-state index contributed by atoms with van der Waals surface area (Å²) in [5.74, 6) is 0.258. The summed E-state index contributed by atoms with van der Waals surface area (Å²) in [7, 11) is 0. The number of benzene rings is 2. The predicted molar refractivity (Wildman–Crippen MR) is 161 cm³/mol. The van der Waals surface area contributed by atoms with Crippen molar-refractivity contribution in [1.82, 2.24) is 20.2 Å². The summed E-state index contributed by atoms with van der Waals surface area (Å²) in [6.07, 6.45) is 8.00. The fourth-order valence-corrected chi connectivity index (χ4v) is 8.99. The quantitative estimate of drug-likeness (QED) is 0.400. The van der Waals surface area contributed by atoms with Crippen LogP contribution in [0.4, 0.5) is 14.5 Å². The largest absolute Gasteiger partial charge is 0.461 e. The van der Waals surface area contributed by atoms with Crippen LogP contribution in [-0.4, -0.2) is 64.9 Å². The number of rotatable bonds is 6. The van der Waals surface area contributed by atoms with Gasteiger partial charge in [-0.3, -0.25) is 4.90 Å². The summed E-state index contributed by atoms with van der Waals surface area (Å²) < 4.78 is 35.8. The molecule has 0 unspecified atom stereocenters. The zero-order chi connectivity index (χ0) is 28.4. The molecular weight excluding hydrogens is 532 g/mol. The number of ether oxygens (including phenoxy) is 1. The van der Waals surface area contributed by atoms with Crippen molar-refractivity contribution in [3.63, 3.8) is 0 Å². The number of hydrogen-bond donors (Lipinski definition) is 1. The third-order valence-corrected chi connectivity index (χ3v) is 10.9. The summed E-state index contributed by atoms with van der Waals surface area (Å²) in [5, 5.41) is 5.85. The van der Waals surface area contributed by atoms with E-state index in [4.69, 9.17) is 14.7 Å². The minimum absolute atomic E-state index is 0.140. The smallest absolute Gasteiger partial charge is 0.316 e. The summed E-state index contributed by atoms with van der Waals surface area (Å²) in [6, 6.07) is 11.3. The van der Waals surface area contributed by atoms with Gasteiger partial charge in [-0.05, 0) is 86.6 Å². The first-order valence-corrected chi connectivity index (χ1v) is 16.1. The van der Waals surface area contributed by atoms with Crippen LogP contribution in [0.2, 0.25) is 0 Å². The lowest BCUT2D eigenvalue weighted by molar-refractivity contribution is 0.106. The van der Waals surface area contributed by atoms with Crippen LogP contribution in [-0.2, 0) is 19.4 Å². The van der Waals surface area contributed by atoms with Gasteiger partial charge in [0.1, 0.15) is 18.6 Å². The zero-order valence-electron chi connectivity index (χ0n) is 24.5. The van der Waals surface area contributed by atoms with Crippen molar-refractivity contribution in [2.45, 2.75) is 101 Å². The standard InChI is InChI=1S/C34H41F2N5O/c1-2-26-28(36)10-7-21-5-3-6-30(31(21)26)40-14-11-27-29(19-40)38-33(39-32(27)22-15-24-8-9-25(16-22)37-24)42-20-34-12-4-13-41(34)18-23(35)17-34/h3,5-7,10,22-25,37H,2,4,8-9,11-20H2,1H3/t22-,23-,24+,25-,34+/m1/s1. The summed E-state index contributed by atoms with van der Waals surface area (Å²) in [4.78, 5) is 14.8. The van der Waals surface area contributed by atoms with Gasteiger partial charge in [-0.25, -0.2) is 8.78 Å². The first-order valence-electron chi connectivity index (χ1n) is 16.1. The maximum atomic E-state index is 14.9. The molecule has 8 rings (SSSR count). The van der Waals surface area contributed by atoms with E-state index in [0.29, 0.717) is 56.6 Å². The van der Waals surface area contributed by atoms with Gasteiger partial charge >= 0.3 is 6.01 Å². The minimum Gasteiger partial charge on any atom is -0.461 e. The van der Waals surface area contributed by atoms with Crippen molar-refractivity contribution in [3.8, 4) is 6.01 Å². The second-order valence-electron chi connectivity index (χ2n) is 13.4. The molecule has 0 amide bonds. The van der Waals surface area contributed by atoms with Crippen LogP contribution in [0.3, 0.4) is 0 Å². The van der Waals surface area contributed by atoms with E-state index in [1.807, 2.05) is 13.0 Å². The summed E-state index contributed by atoms with van der Waals surface area (Å²) in [5.41, 5.74) is 5.07. The molecule has 0 saturated carbocycles. The first-order chi connectivity index (χ1) is 20.5. The van der Waals surface area contributed by atoms with Gasteiger partial charge in [0.15, 0.2) is 0 Å². The van der Waals surface area contributed by atoms with Gasteiger partial charge < -0.3 is 15.0 Å². The molecule has 5 aliphatic rings. The van der Waals surface area contributed by atoms with E-state index in [1.165, 1.54) is 24.1 Å². The lowest BCUT2D eigenvalue weighted by Crippen LogP contribution is -2.43. The highest BCUT2D eigenvalue weighted by molar-refractivity contribution is 5.97. The Morgan fingerprint density at radius 3 is 2.79 bits per heavy atom. The molecular formula is C34H41F2N5O. The number of halogens is 2. The van der Waals surface area contributed by atoms with Gasteiger partial charge in [-0.2, -0.15) is 9.97 Å². The van der Waals surface area contributed by atoms with Gasteiger partial charge in [0.2, 0.25) is 0 Å². The van der Waals surface area contributed by atoms with Crippen LogP contribution in [0, 0.1) is 5.82 Å². The molecule has 42 heavy (non-hydrogen) atoms. The Morgan fingerprint density at radius 2 is 1.95 bits per heavy atom. The highest BCUT2D eigenvalue weighted by Crippen LogP contribution is 2.43. The Balaban J connectivity index is 1.15. The molecule has 1 N–H and O–H groups in total.